The Kier molecular flexibility index (Phi) is 5.82. The Morgan fingerprint density at radius 1 is 1.18 bits per heavy atom. The second-order valence-corrected chi connectivity index (χ2v) is 5.94. The Morgan fingerprint density at radius 2 is 1.95 bits per heavy atom. The molecule has 0 aliphatic rings. The van der Waals surface area contributed by atoms with Gasteiger partial charge in [-0.1, -0.05) is 11.3 Å². The van der Waals surface area contributed by atoms with E-state index in [2.05, 4.69) is 15.6 Å². The molecule has 0 fully saturated rings. The van der Waals surface area contributed by atoms with Crippen molar-refractivity contribution < 1.29 is 17.6 Å². The lowest BCUT2D eigenvalue weighted by Gasteiger charge is -2.06. The Balaban J connectivity index is 2.01. The quantitative estimate of drug-likeness (QED) is 0.446. The van der Waals surface area contributed by atoms with E-state index in [1.54, 1.807) is 0 Å². The zero-order valence-electron chi connectivity index (χ0n) is 11.4. The summed E-state index contributed by atoms with van der Waals surface area (Å²) in [5, 5.41) is 6.61. The monoisotopic (exact) mass is 355 g/mol. The number of anilines is 1. The molecule has 0 saturated carbocycles. The molecule has 22 heavy (non-hydrogen) atoms. The van der Waals surface area contributed by atoms with Crippen LogP contribution in [-0.2, 0) is 6.18 Å². The van der Waals surface area contributed by atoms with E-state index >= 15 is 0 Å². The third-order valence-corrected chi connectivity index (χ3v) is 4.03. The summed E-state index contributed by atoms with van der Waals surface area (Å²) in [6.07, 6.45) is -3.89. The van der Waals surface area contributed by atoms with Crippen molar-refractivity contribution in [1.29, 1.82) is 0 Å². The van der Waals surface area contributed by atoms with Gasteiger partial charge in [0.15, 0.2) is 5.13 Å². The minimum Gasteiger partial charge on any atom is -0.361 e. The van der Waals surface area contributed by atoms with Crippen molar-refractivity contribution in [1.82, 2.24) is 10.3 Å². The highest BCUT2D eigenvalue weighted by Crippen LogP contribution is 2.36. The standard InChI is InChI=1S/C13H14ClF4N3S/c14-2-5-19-3-1-4-20-12-21-10-7-9(15)8(13(16,17)18)6-11(10)22-12/h6-7,19H,1-5H2,(H,20,21). The van der Waals surface area contributed by atoms with Crippen LogP contribution in [0.1, 0.15) is 12.0 Å². The van der Waals surface area contributed by atoms with E-state index in [0.29, 0.717) is 22.3 Å². The lowest BCUT2D eigenvalue weighted by Crippen LogP contribution is -2.19. The lowest BCUT2D eigenvalue weighted by molar-refractivity contribution is -0.139. The van der Waals surface area contributed by atoms with E-state index < -0.39 is 17.6 Å². The Morgan fingerprint density at radius 3 is 2.64 bits per heavy atom. The molecule has 0 amide bonds. The van der Waals surface area contributed by atoms with Gasteiger partial charge >= 0.3 is 6.18 Å². The fraction of sp³-hybridized carbons (Fsp3) is 0.462. The molecule has 0 spiro atoms. The molecule has 0 radical (unpaired) electrons. The average molecular weight is 356 g/mol. The molecule has 2 rings (SSSR count). The van der Waals surface area contributed by atoms with Crippen LogP contribution in [0.3, 0.4) is 0 Å². The Labute approximate surface area is 133 Å². The van der Waals surface area contributed by atoms with Crippen molar-refractivity contribution in [2.24, 2.45) is 0 Å². The van der Waals surface area contributed by atoms with Gasteiger partial charge in [0.2, 0.25) is 0 Å². The van der Waals surface area contributed by atoms with Crippen LogP contribution in [0, 0.1) is 5.82 Å². The molecule has 0 saturated heterocycles. The van der Waals surface area contributed by atoms with Gasteiger partial charge in [-0.15, -0.1) is 11.6 Å². The van der Waals surface area contributed by atoms with Crippen molar-refractivity contribution in [3.63, 3.8) is 0 Å². The fourth-order valence-electron chi connectivity index (χ4n) is 1.84. The molecule has 3 nitrogen and oxygen atoms in total. The first-order valence-corrected chi connectivity index (χ1v) is 7.95. The molecular weight excluding hydrogens is 342 g/mol. The maximum atomic E-state index is 13.5. The van der Waals surface area contributed by atoms with E-state index in [0.717, 1.165) is 43.0 Å². The van der Waals surface area contributed by atoms with Crippen molar-refractivity contribution in [2.45, 2.75) is 12.6 Å². The second kappa shape index (κ2) is 7.43. The van der Waals surface area contributed by atoms with Gasteiger partial charge in [0.1, 0.15) is 5.82 Å². The summed E-state index contributed by atoms with van der Waals surface area (Å²) in [5.41, 5.74) is -1.04. The van der Waals surface area contributed by atoms with Crippen LogP contribution in [0.25, 0.3) is 10.2 Å². The largest absolute Gasteiger partial charge is 0.419 e. The summed E-state index contributed by atoms with van der Waals surface area (Å²) >= 11 is 6.59. The van der Waals surface area contributed by atoms with Gasteiger partial charge in [0.05, 0.1) is 15.8 Å². The molecule has 9 heteroatoms. The number of halogens is 5. The van der Waals surface area contributed by atoms with E-state index in [1.165, 1.54) is 0 Å². The predicted octanol–water partition coefficient (Wildman–Crippen LogP) is 4.08. The third kappa shape index (κ3) is 4.44. The molecule has 1 aromatic heterocycles. The first-order chi connectivity index (χ1) is 10.4. The van der Waals surface area contributed by atoms with Gasteiger partial charge in [-0.3, -0.25) is 0 Å². The molecule has 0 bridgehead atoms. The second-order valence-electron chi connectivity index (χ2n) is 4.54. The normalized spacial score (nSPS) is 12.0. The zero-order chi connectivity index (χ0) is 16.2. The van der Waals surface area contributed by atoms with Gasteiger partial charge in [-0.05, 0) is 19.0 Å². The summed E-state index contributed by atoms with van der Waals surface area (Å²) < 4.78 is 51.7. The van der Waals surface area contributed by atoms with Crippen molar-refractivity contribution in [3.05, 3.63) is 23.5 Å². The molecule has 2 aromatic rings. The van der Waals surface area contributed by atoms with Crippen molar-refractivity contribution in [3.8, 4) is 0 Å². The van der Waals surface area contributed by atoms with Gasteiger partial charge in [0.25, 0.3) is 0 Å². The summed E-state index contributed by atoms with van der Waals surface area (Å²) in [4.78, 5) is 4.09. The molecule has 1 aromatic carbocycles. The van der Waals surface area contributed by atoms with Crippen LogP contribution in [0.5, 0.6) is 0 Å². The number of nitrogens with one attached hydrogen (secondary N) is 2. The smallest absolute Gasteiger partial charge is 0.361 e. The number of rotatable bonds is 7. The van der Waals surface area contributed by atoms with Crippen LogP contribution in [-0.4, -0.2) is 30.5 Å². The number of fused-ring (bicyclic) bond motifs is 1. The molecule has 2 N–H and O–H groups in total. The van der Waals surface area contributed by atoms with Crippen molar-refractivity contribution >= 4 is 38.3 Å². The number of thiazole rings is 1. The average Bonchev–Trinajstić information content (AvgIpc) is 2.82. The van der Waals surface area contributed by atoms with Gasteiger partial charge in [-0.25, -0.2) is 9.37 Å². The van der Waals surface area contributed by atoms with E-state index in [9.17, 15) is 17.6 Å². The SMILES string of the molecule is Fc1cc2nc(NCCCNCCCl)sc2cc1C(F)(F)F. The van der Waals surface area contributed by atoms with Crippen LogP contribution >= 0.6 is 22.9 Å². The fourth-order valence-corrected chi connectivity index (χ4v) is 2.89. The molecule has 1 heterocycles. The molecule has 0 atom stereocenters. The third-order valence-electron chi connectivity index (χ3n) is 2.86. The molecule has 0 aliphatic carbocycles. The highest BCUT2D eigenvalue weighted by Gasteiger charge is 2.34. The molecule has 0 aliphatic heterocycles. The minimum atomic E-state index is -4.70. The van der Waals surface area contributed by atoms with Crippen molar-refractivity contribution in [2.75, 3.05) is 30.8 Å². The number of nitrogens with zero attached hydrogens (tertiary/aromatic N) is 1. The molecule has 122 valence electrons. The van der Waals surface area contributed by atoms with Crippen LogP contribution < -0.4 is 10.6 Å². The minimum absolute atomic E-state index is 0.221. The Bertz CT molecular complexity index is 630. The van der Waals surface area contributed by atoms with E-state index in [-0.39, 0.29) is 5.52 Å². The maximum Gasteiger partial charge on any atom is 0.419 e. The summed E-state index contributed by atoms with van der Waals surface area (Å²) in [6.45, 7) is 2.11. The predicted molar refractivity (Wildman–Crippen MR) is 81.3 cm³/mol. The lowest BCUT2D eigenvalue weighted by atomic mass is 10.2. The summed E-state index contributed by atoms with van der Waals surface area (Å²) in [6, 6.07) is 1.62. The Hall–Kier alpha value is -1.12. The molecule has 0 unspecified atom stereocenters. The van der Waals surface area contributed by atoms with E-state index in [4.69, 9.17) is 11.6 Å². The van der Waals surface area contributed by atoms with Crippen LogP contribution in [0.4, 0.5) is 22.7 Å². The first-order valence-electron chi connectivity index (χ1n) is 6.59. The summed E-state index contributed by atoms with van der Waals surface area (Å²) in [5.74, 6) is -0.764. The van der Waals surface area contributed by atoms with Crippen LogP contribution in [0.2, 0.25) is 0 Å². The number of hydrogen-bond acceptors (Lipinski definition) is 4. The van der Waals surface area contributed by atoms with E-state index in [1.807, 2.05) is 0 Å². The number of alkyl halides is 4. The summed E-state index contributed by atoms with van der Waals surface area (Å²) in [7, 11) is 0. The topological polar surface area (TPSA) is 37.0 Å². The molecular formula is C13H14ClF4N3S. The number of benzene rings is 1. The number of aromatic nitrogens is 1. The maximum absolute atomic E-state index is 13.5. The zero-order valence-corrected chi connectivity index (χ0v) is 13.0. The van der Waals surface area contributed by atoms with Gasteiger partial charge < -0.3 is 10.6 Å². The first kappa shape index (κ1) is 17.2. The highest BCUT2D eigenvalue weighted by molar-refractivity contribution is 7.22. The van der Waals surface area contributed by atoms with Gasteiger partial charge in [0, 0.05) is 25.0 Å². The van der Waals surface area contributed by atoms with Gasteiger partial charge in [-0.2, -0.15) is 13.2 Å². The van der Waals surface area contributed by atoms with Crippen LogP contribution in [0.15, 0.2) is 12.1 Å². The highest BCUT2D eigenvalue weighted by atomic mass is 35.5. The number of hydrogen-bond donors (Lipinski definition) is 2.